The van der Waals surface area contributed by atoms with Gasteiger partial charge in [-0.1, -0.05) is 0 Å². The zero-order valence-corrected chi connectivity index (χ0v) is 13.5. The van der Waals surface area contributed by atoms with E-state index in [1.165, 1.54) is 14.2 Å². The molecule has 0 aliphatic carbocycles. The minimum Gasteiger partial charge on any atom is -0.481 e. The molecule has 0 unspecified atom stereocenters. The Balaban J connectivity index is 1.95. The first-order valence-electron chi connectivity index (χ1n) is 7.03. The van der Waals surface area contributed by atoms with E-state index in [1.807, 2.05) is 0 Å². The summed E-state index contributed by atoms with van der Waals surface area (Å²) in [6, 6.07) is 3.18. The van der Waals surface area contributed by atoms with E-state index in [-0.39, 0.29) is 29.2 Å². The molecule has 122 valence electrons. The lowest BCUT2D eigenvalue weighted by atomic mass is 10.0. The van der Waals surface area contributed by atoms with Crippen LogP contribution in [-0.4, -0.2) is 51.6 Å². The number of nitrogens with zero attached hydrogens (tertiary/aromatic N) is 1. The van der Waals surface area contributed by atoms with Crippen molar-refractivity contribution in [2.45, 2.75) is 12.8 Å². The van der Waals surface area contributed by atoms with Crippen LogP contribution < -0.4 is 14.8 Å². The highest BCUT2D eigenvalue weighted by Crippen LogP contribution is 2.21. The average molecular weight is 328 g/mol. The fourth-order valence-corrected chi connectivity index (χ4v) is 3.93. The normalized spacial score (nSPS) is 17.7. The van der Waals surface area contributed by atoms with E-state index in [4.69, 9.17) is 9.47 Å². The molecule has 0 atom stereocenters. The number of hydrogen-bond donors (Lipinski definition) is 1. The second kappa shape index (κ2) is 6.95. The van der Waals surface area contributed by atoms with Gasteiger partial charge >= 0.3 is 0 Å². The van der Waals surface area contributed by atoms with Gasteiger partial charge in [-0.3, -0.25) is 4.79 Å². The number of rotatable bonds is 5. The number of pyridine rings is 1. The third kappa shape index (κ3) is 4.09. The second-order valence-electron chi connectivity index (χ2n) is 5.22. The molecule has 1 amide bonds. The van der Waals surface area contributed by atoms with Gasteiger partial charge in [-0.2, -0.15) is 4.98 Å². The standard InChI is InChI=1S/C14H20N2O5S/c1-20-12-4-3-11(14(16-12)21-2)13(17)15-9-10-5-7-22(18,19)8-6-10/h3-4,10H,5-9H2,1-2H3,(H,15,17). The first kappa shape index (κ1) is 16.5. The Morgan fingerprint density at radius 3 is 2.55 bits per heavy atom. The fourth-order valence-electron chi connectivity index (χ4n) is 2.34. The minimum atomic E-state index is -2.88. The maximum absolute atomic E-state index is 12.2. The molecule has 0 aromatic carbocycles. The second-order valence-corrected chi connectivity index (χ2v) is 7.52. The minimum absolute atomic E-state index is 0.185. The van der Waals surface area contributed by atoms with E-state index in [1.54, 1.807) is 12.1 Å². The molecule has 2 heterocycles. The molecule has 0 spiro atoms. The quantitative estimate of drug-likeness (QED) is 0.853. The molecule has 2 rings (SSSR count). The summed E-state index contributed by atoms with van der Waals surface area (Å²) in [6.45, 7) is 0.448. The van der Waals surface area contributed by atoms with E-state index < -0.39 is 9.84 Å². The molecule has 0 radical (unpaired) electrons. The molecule has 1 fully saturated rings. The molecule has 0 bridgehead atoms. The van der Waals surface area contributed by atoms with E-state index in [2.05, 4.69) is 10.3 Å². The monoisotopic (exact) mass is 328 g/mol. The average Bonchev–Trinajstić information content (AvgIpc) is 2.52. The lowest BCUT2D eigenvalue weighted by Crippen LogP contribution is -2.34. The van der Waals surface area contributed by atoms with E-state index in [0.717, 1.165) is 0 Å². The highest BCUT2D eigenvalue weighted by Gasteiger charge is 2.24. The fraction of sp³-hybridized carbons (Fsp3) is 0.571. The Hall–Kier alpha value is -1.83. The number of nitrogens with one attached hydrogen (secondary N) is 1. The molecule has 0 saturated carbocycles. The highest BCUT2D eigenvalue weighted by molar-refractivity contribution is 7.91. The van der Waals surface area contributed by atoms with Crippen LogP contribution in [0, 0.1) is 5.92 Å². The first-order chi connectivity index (χ1) is 10.4. The number of aromatic nitrogens is 1. The lowest BCUT2D eigenvalue weighted by molar-refractivity contribution is 0.0942. The van der Waals surface area contributed by atoms with Gasteiger partial charge in [-0.25, -0.2) is 8.42 Å². The van der Waals surface area contributed by atoms with E-state index >= 15 is 0 Å². The van der Waals surface area contributed by atoms with Crippen LogP contribution in [0.3, 0.4) is 0 Å². The van der Waals surface area contributed by atoms with Crippen LogP contribution in [0.2, 0.25) is 0 Å². The predicted octanol–water partition coefficient (Wildman–Crippen LogP) is 0.653. The van der Waals surface area contributed by atoms with Crippen molar-refractivity contribution in [2.24, 2.45) is 5.92 Å². The first-order valence-corrected chi connectivity index (χ1v) is 8.85. The van der Waals surface area contributed by atoms with Crippen molar-refractivity contribution in [1.29, 1.82) is 0 Å². The Kier molecular flexibility index (Phi) is 5.23. The summed E-state index contributed by atoms with van der Waals surface area (Å²) in [5, 5.41) is 2.81. The smallest absolute Gasteiger partial charge is 0.256 e. The van der Waals surface area contributed by atoms with Gasteiger partial charge in [-0.05, 0) is 24.8 Å². The van der Waals surface area contributed by atoms with E-state index in [0.29, 0.717) is 30.8 Å². The Labute approximate surface area is 129 Å². The number of ether oxygens (including phenoxy) is 2. The number of carbonyl (C=O) groups is 1. The van der Waals surface area contributed by atoms with Gasteiger partial charge in [0, 0.05) is 12.6 Å². The summed E-state index contributed by atoms with van der Waals surface area (Å²) in [6.07, 6.45) is 1.17. The summed E-state index contributed by atoms with van der Waals surface area (Å²) < 4.78 is 32.8. The zero-order chi connectivity index (χ0) is 16.2. The number of carbonyl (C=O) groups excluding carboxylic acids is 1. The maximum atomic E-state index is 12.2. The number of sulfone groups is 1. The lowest BCUT2D eigenvalue weighted by Gasteiger charge is -2.22. The zero-order valence-electron chi connectivity index (χ0n) is 12.7. The van der Waals surface area contributed by atoms with Crippen LogP contribution in [0.15, 0.2) is 12.1 Å². The topological polar surface area (TPSA) is 94.6 Å². The van der Waals surface area contributed by atoms with Gasteiger partial charge in [-0.15, -0.1) is 0 Å². The van der Waals surface area contributed by atoms with Gasteiger partial charge in [0.2, 0.25) is 11.8 Å². The highest BCUT2D eigenvalue weighted by atomic mass is 32.2. The van der Waals surface area contributed by atoms with Crippen molar-refractivity contribution in [1.82, 2.24) is 10.3 Å². The summed E-state index contributed by atoms with van der Waals surface area (Å²) in [7, 11) is 0.0385. The van der Waals surface area contributed by atoms with Gasteiger partial charge in [0.25, 0.3) is 5.91 Å². The van der Waals surface area contributed by atoms with Crippen LogP contribution in [-0.2, 0) is 9.84 Å². The van der Waals surface area contributed by atoms with Gasteiger partial charge in [0.05, 0.1) is 25.7 Å². The number of amides is 1. The van der Waals surface area contributed by atoms with Gasteiger partial charge in [0.1, 0.15) is 15.4 Å². The summed E-state index contributed by atoms with van der Waals surface area (Å²) in [5.41, 5.74) is 0.326. The van der Waals surface area contributed by atoms with Gasteiger partial charge < -0.3 is 14.8 Å². The molecule has 1 aromatic heterocycles. The molecule has 1 N–H and O–H groups in total. The van der Waals surface area contributed by atoms with Crippen LogP contribution in [0.25, 0.3) is 0 Å². The van der Waals surface area contributed by atoms with Crippen LogP contribution in [0.1, 0.15) is 23.2 Å². The third-order valence-corrected chi connectivity index (χ3v) is 5.42. The summed E-state index contributed by atoms with van der Waals surface area (Å²) in [4.78, 5) is 16.3. The Bertz CT molecular complexity index is 631. The molecule has 1 aliphatic heterocycles. The van der Waals surface area contributed by atoms with Crippen LogP contribution in [0.5, 0.6) is 11.8 Å². The van der Waals surface area contributed by atoms with Crippen LogP contribution in [0.4, 0.5) is 0 Å². The molecule has 22 heavy (non-hydrogen) atoms. The molecule has 1 aromatic rings. The summed E-state index contributed by atoms with van der Waals surface area (Å²) in [5.74, 6) is 0.848. The molecule has 7 nitrogen and oxygen atoms in total. The van der Waals surface area contributed by atoms with Crippen molar-refractivity contribution in [2.75, 3.05) is 32.3 Å². The Morgan fingerprint density at radius 2 is 1.95 bits per heavy atom. The predicted molar refractivity (Wildman–Crippen MR) is 81.1 cm³/mol. The van der Waals surface area contributed by atoms with E-state index in [9.17, 15) is 13.2 Å². The number of hydrogen-bond acceptors (Lipinski definition) is 6. The largest absolute Gasteiger partial charge is 0.481 e. The van der Waals surface area contributed by atoms with Crippen molar-refractivity contribution < 1.29 is 22.7 Å². The summed E-state index contributed by atoms with van der Waals surface area (Å²) >= 11 is 0. The van der Waals surface area contributed by atoms with Crippen LogP contribution >= 0.6 is 0 Å². The molecule has 1 saturated heterocycles. The maximum Gasteiger partial charge on any atom is 0.256 e. The Morgan fingerprint density at radius 1 is 1.27 bits per heavy atom. The number of methoxy groups -OCH3 is 2. The molecular weight excluding hydrogens is 308 g/mol. The van der Waals surface area contributed by atoms with Gasteiger partial charge in [0.15, 0.2) is 0 Å². The van der Waals surface area contributed by atoms with Crippen molar-refractivity contribution >= 4 is 15.7 Å². The SMILES string of the molecule is COc1ccc(C(=O)NCC2CCS(=O)(=O)CC2)c(OC)n1. The molecule has 8 heteroatoms. The molecular formula is C14H20N2O5S. The molecule has 1 aliphatic rings. The third-order valence-electron chi connectivity index (χ3n) is 3.71. The van der Waals surface area contributed by atoms with Crippen molar-refractivity contribution in [3.63, 3.8) is 0 Å². The van der Waals surface area contributed by atoms with Crippen molar-refractivity contribution in [3.8, 4) is 11.8 Å². The van der Waals surface area contributed by atoms with Crippen molar-refractivity contribution in [3.05, 3.63) is 17.7 Å².